The maximum absolute atomic E-state index is 13.6. The molecule has 0 aromatic heterocycles. The second-order valence-electron chi connectivity index (χ2n) is 10.4. The van der Waals surface area contributed by atoms with Gasteiger partial charge in [0.25, 0.3) is 0 Å². The molecule has 0 spiro atoms. The van der Waals surface area contributed by atoms with Crippen LogP contribution in [0, 0.1) is 13.8 Å². The number of aryl methyl sites for hydroxylation is 2. The van der Waals surface area contributed by atoms with Crippen molar-refractivity contribution < 1.29 is 18.0 Å². The fourth-order valence-electron chi connectivity index (χ4n) is 5.15. The summed E-state index contributed by atoms with van der Waals surface area (Å²) in [5.74, 6) is -0.211. The van der Waals surface area contributed by atoms with E-state index in [1.807, 2.05) is 63.2 Å². The van der Waals surface area contributed by atoms with Crippen LogP contribution in [0.2, 0.25) is 0 Å². The number of carbonyl (C=O) groups is 2. The highest BCUT2D eigenvalue weighted by Gasteiger charge is 2.30. The Kier molecular flexibility index (Phi) is 10.8. The van der Waals surface area contributed by atoms with Crippen LogP contribution < -0.4 is 9.62 Å². The first-order valence-electron chi connectivity index (χ1n) is 13.8. The van der Waals surface area contributed by atoms with Gasteiger partial charge >= 0.3 is 0 Å². The van der Waals surface area contributed by atoms with Crippen LogP contribution in [-0.4, -0.2) is 56.6 Å². The molecule has 0 saturated heterocycles. The van der Waals surface area contributed by atoms with Crippen molar-refractivity contribution >= 4 is 27.5 Å². The van der Waals surface area contributed by atoms with E-state index >= 15 is 0 Å². The first-order chi connectivity index (χ1) is 18.1. The summed E-state index contributed by atoms with van der Waals surface area (Å²) in [7, 11) is -3.52. The molecule has 2 aromatic rings. The molecule has 1 saturated carbocycles. The molecule has 38 heavy (non-hydrogen) atoms. The number of rotatable bonds is 13. The zero-order valence-corrected chi connectivity index (χ0v) is 24.1. The van der Waals surface area contributed by atoms with E-state index in [0.29, 0.717) is 31.5 Å². The second-order valence-corrected chi connectivity index (χ2v) is 12.4. The monoisotopic (exact) mass is 541 g/mol. The van der Waals surface area contributed by atoms with E-state index in [1.165, 1.54) is 10.6 Å². The van der Waals surface area contributed by atoms with Gasteiger partial charge in [-0.1, -0.05) is 56.2 Å². The molecule has 0 aliphatic heterocycles. The van der Waals surface area contributed by atoms with Gasteiger partial charge in [-0.15, -0.1) is 0 Å². The van der Waals surface area contributed by atoms with E-state index in [0.717, 1.165) is 42.4 Å². The Labute approximate surface area is 228 Å². The number of hydrogen-bond donors (Lipinski definition) is 1. The summed E-state index contributed by atoms with van der Waals surface area (Å²) in [5.41, 5.74) is 3.81. The van der Waals surface area contributed by atoms with Crippen LogP contribution in [0.15, 0.2) is 48.5 Å². The Balaban J connectivity index is 1.72. The molecular formula is C30H43N3O4S. The zero-order chi connectivity index (χ0) is 27.7. The van der Waals surface area contributed by atoms with Crippen LogP contribution in [0.25, 0.3) is 0 Å². The van der Waals surface area contributed by atoms with Crippen LogP contribution in [0.4, 0.5) is 5.69 Å². The Morgan fingerprint density at radius 2 is 1.68 bits per heavy atom. The van der Waals surface area contributed by atoms with Crippen molar-refractivity contribution in [2.75, 3.05) is 23.7 Å². The Bertz CT molecular complexity index is 1180. The molecule has 1 aliphatic carbocycles. The van der Waals surface area contributed by atoms with E-state index < -0.39 is 16.1 Å². The molecule has 1 fully saturated rings. The lowest BCUT2D eigenvalue weighted by Gasteiger charge is -2.32. The summed E-state index contributed by atoms with van der Waals surface area (Å²) in [6, 6.07) is 15.2. The molecule has 1 aliphatic rings. The quantitative estimate of drug-likeness (QED) is 0.396. The standard InChI is InChI=1S/C30H43N3O4S/c1-5-28(30(35)31-26-14-9-10-15-26)32(21-19-25-12-7-6-8-13-25)29(34)16-11-20-33(38(4,36)37)27-18-17-23(2)24(3)22-27/h6-8,12-13,17-18,22,26,28H,5,9-11,14-16,19-21H2,1-4H3,(H,31,35)/t28-/m0/s1. The number of nitrogens with zero attached hydrogens (tertiary/aromatic N) is 2. The molecule has 3 rings (SSSR count). The predicted octanol–water partition coefficient (Wildman–Crippen LogP) is 4.76. The summed E-state index contributed by atoms with van der Waals surface area (Å²) in [6.45, 7) is 6.51. The highest BCUT2D eigenvalue weighted by molar-refractivity contribution is 7.92. The lowest BCUT2D eigenvalue weighted by Crippen LogP contribution is -2.52. The van der Waals surface area contributed by atoms with Gasteiger partial charge in [-0.2, -0.15) is 0 Å². The highest BCUT2D eigenvalue weighted by atomic mass is 32.2. The first-order valence-corrected chi connectivity index (χ1v) is 15.6. The summed E-state index contributed by atoms with van der Waals surface area (Å²) in [5, 5.41) is 3.17. The molecule has 0 bridgehead atoms. The fraction of sp³-hybridized carbons (Fsp3) is 0.533. The van der Waals surface area contributed by atoms with Crippen molar-refractivity contribution in [3.63, 3.8) is 0 Å². The van der Waals surface area contributed by atoms with Gasteiger partial charge in [0, 0.05) is 25.6 Å². The molecule has 0 heterocycles. The number of sulfonamides is 1. The molecule has 1 atom stereocenters. The maximum Gasteiger partial charge on any atom is 0.243 e. The summed E-state index contributed by atoms with van der Waals surface area (Å²) >= 11 is 0. The molecule has 1 N–H and O–H groups in total. The highest BCUT2D eigenvalue weighted by Crippen LogP contribution is 2.23. The van der Waals surface area contributed by atoms with Crippen LogP contribution in [0.5, 0.6) is 0 Å². The zero-order valence-electron chi connectivity index (χ0n) is 23.3. The molecule has 0 radical (unpaired) electrons. The van der Waals surface area contributed by atoms with Crippen LogP contribution in [-0.2, 0) is 26.0 Å². The van der Waals surface area contributed by atoms with Crippen molar-refractivity contribution in [1.82, 2.24) is 10.2 Å². The van der Waals surface area contributed by atoms with Gasteiger partial charge in [0.15, 0.2) is 0 Å². The van der Waals surface area contributed by atoms with E-state index in [1.54, 1.807) is 11.0 Å². The number of anilines is 1. The Hall–Kier alpha value is -2.87. The van der Waals surface area contributed by atoms with Crippen molar-refractivity contribution in [2.24, 2.45) is 0 Å². The van der Waals surface area contributed by atoms with Gasteiger partial charge < -0.3 is 10.2 Å². The number of amides is 2. The minimum Gasteiger partial charge on any atom is -0.352 e. The third-order valence-corrected chi connectivity index (χ3v) is 8.70. The third-order valence-electron chi connectivity index (χ3n) is 7.50. The van der Waals surface area contributed by atoms with Crippen molar-refractivity contribution in [2.45, 2.75) is 84.2 Å². The van der Waals surface area contributed by atoms with Crippen LogP contribution >= 0.6 is 0 Å². The van der Waals surface area contributed by atoms with Gasteiger partial charge in [-0.25, -0.2) is 8.42 Å². The Morgan fingerprint density at radius 3 is 2.29 bits per heavy atom. The van der Waals surface area contributed by atoms with Crippen molar-refractivity contribution in [3.8, 4) is 0 Å². The van der Waals surface area contributed by atoms with Gasteiger partial charge in [0.1, 0.15) is 6.04 Å². The Morgan fingerprint density at radius 1 is 1.00 bits per heavy atom. The molecule has 2 amide bonds. The van der Waals surface area contributed by atoms with E-state index in [4.69, 9.17) is 0 Å². The molecule has 208 valence electrons. The smallest absolute Gasteiger partial charge is 0.243 e. The number of hydrogen-bond acceptors (Lipinski definition) is 4. The maximum atomic E-state index is 13.6. The lowest BCUT2D eigenvalue weighted by atomic mass is 10.1. The van der Waals surface area contributed by atoms with Crippen LogP contribution in [0.3, 0.4) is 0 Å². The SMILES string of the molecule is CC[C@@H](C(=O)NC1CCCC1)N(CCc1ccccc1)C(=O)CCCN(c1ccc(C)c(C)c1)S(C)(=O)=O. The molecular weight excluding hydrogens is 498 g/mol. The molecule has 2 aromatic carbocycles. The second kappa shape index (κ2) is 13.8. The minimum absolute atomic E-state index is 0.0892. The number of nitrogens with one attached hydrogen (secondary N) is 1. The molecule has 7 nitrogen and oxygen atoms in total. The van der Waals surface area contributed by atoms with E-state index in [-0.39, 0.29) is 30.8 Å². The van der Waals surface area contributed by atoms with Gasteiger partial charge in [-0.05, 0) is 74.8 Å². The van der Waals surface area contributed by atoms with Crippen LogP contribution in [0.1, 0.15) is 68.6 Å². The molecule has 0 unspecified atom stereocenters. The van der Waals surface area contributed by atoms with Crippen molar-refractivity contribution in [1.29, 1.82) is 0 Å². The largest absolute Gasteiger partial charge is 0.352 e. The molecule has 8 heteroatoms. The summed E-state index contributed by atoms with van der Waals surface area (Å²) in [4.78, 5) is 28.5. The fourth-order valence-corrected chi connectivity index (χ4v) is 6.11. The van der Waals surface area contributed by atoms with E-state index in [2.05, 4.69) is 5.32 Å². The lowest BCUT2D eigenvalue weighted by molar-refractivity contribution is -0.141. The van der Waals surface area contributed by atoms with E-state index in [9.17, 15) is 18.0 Å². The topological polar surface area (TPSA) is 86.8 Å². The van der Waals surface area contributed by atoms with Gasteiger partial charge in [0.05, 0.1) is 11.9 Å². The minimum atomic E-state index is -3.52. The van der Waals surface area contributed by atoms with Gasteiger partial charge in [-0.3, -0.25) is 13.9 Å². The number of carbonyl (C=O) groups excluding carboxylic acids is 2. The number of benzene rings is 2. The third kappa shape index (κ3) is 8.32. The predicted molar refractivity (Wildman–Crippen MR) is 154 cm³/mol. The average molecular weight is 542 g/mol. The van der Waals surface area contributed by atoms with Gasteiger partial charge in [0.2, 0.25) is 21.8 Å². The first kappa shape index (κ1) is 29.7. The summed E-state index contributed by atoms with van der Waals surface area (Å²) in [6.07, 6.45) is 7.11. The normalized spacial score (nSPS) is 14.7. The average Bonchev–Trinajstić information content (AvgIpc) is 3.39. The van der Waals surface area contributed by atoms with Crippen molar-refractivity contribution in [3.05, 3.63) is 65.2 Å². The summed E-state index contributed by atoms with van der Waals surface area (Å²) < 4.78 is 26.5.